The van der Waals surface area contributed by atoms with E-state index in [4.69, 9.17) is 0 Å². The fraction of sp³-hybridized carbons (Fsp3) is 0.375. The Hall–Kier alpha value is -3.15. The van der Waals surface area contributed by atoms with Crippen LogP contribution in [0.4, 0.5) is 5.69 Å². The molecule has 6 heteroatoms. The Kier molecular flexibility index (Phi) is 6.25. The molecule has 1 heterocycles. The van der Waals surface area contributed by atoms with Gasteiger partial charge in [0, 0.05) is 49.9 Å². The van der Waals surface area contributed by atoms with Gasteiger partial charge in [-0.05, 0) is 41.3 Å². The molecule has 0 spiro atoms. The van der Waals surface area contributed by atoms with Gasteiger partial charge >= 0.3 is 0 Å². The monoisotopic (exact) mass is 407 g/mol. The number of hydrogen-bond donors (Lipinski definition) is 1. The molecule has 1 aliphatic rings. The largest absolute Gasteiger partial charge is 0.335 e. The van der Waals surface area contributed by atoms with Crippen LogP contribution in [0.3, 0.4) is 0 Å². The van der Waals surface area contributed by atoms with E-state index in [1.165, 1.54) is 12.5 Å². The van der Waals surface area contributed by atoms with Crippen LogP contribution < -0.4 is 5.32 Å². The van der Waals surface area contributed by atoms with Crippen molar-refractivity contribution in [1.29, 1.82) is 0 Å². The van der Waals surface area contributed by atoms with E-state index in [1.54, 1.807) is 34.1 Å². The van der Waals surface area contributed by atoms with Gasteiger partial charge in [-0.3, -0.25) is 14.4 Å². The number of amides is 3. The molecule has 1 aliphatic heterocycles. The van der Waals surface area contributed by atoms with Crippen molar-refractivity contribution >= 4 is 23.4 Å². The molecule has 0 unspecified atom stereocenters. The van der Waals surface area contributed by atoms with Gasteiger partial charge in [-0.2, -0.15) is 0 Å². The van der Waals surface area contributed by atoms with Crippen LogP contribution >= 0.6 is 0 Å². The number of piperazine rings is 1. The summed E-state index contributed by atoms with van der Waals surface area (Å²) in [5.41, 5.74) is 3.03. The SMILES string of the molecule is CC(=O)Nc1cccc(C(=O)N2CCN(C(=O)c3ccc(C(C)(C)C)cc3)CC2)c1. The van der Waals surface area contributed by atoms with Crippen LogP contribution in [0.5, 0.6) is 0 Å². The summed E-state index contributed by atoms with van der Waals surface area (Å²) in [7, 11) is 0. The highest BCUT2D eigenvalue weighted by atomic mass is 16.2. The van der Waals surface area contributed by atoms with E-state index >= 15 is 0 Å². The second-order valence-electron chi connectivity index (χ2n) is 8.67. The minimum Gasteiger partial charge on any atom is -0.335 e. The zero-order chi connectivity index (χ0) is 21.9. The molecule has 6 nitrogen and oxygen atoms in total. The van der Waals surface area contributed by atoms with Crippen molar-refractivity contribution in [3.63, 3.8) is 0 Å². The first-order chi connectivity index (χ1) is 14.1. The Labute approximate surface area is 177 Å². The van der Waals surface area contributed by atoms with Crippen LogP contribution in [-0.2, 0) is 10.2 Å². The molecule has 2 aromatic carbocycles. The second-order valence-corrected chi connectivity index (χ2v) is 8.67. The zero-order valence-electron chi connectivity index (χ0n) is 18.1. The van der Waals surface area contributed by atoms with Gasteiger partial charge in [0.25, 0.3) is 11.8 Å². The molecule has 158 valence electrons. The van der Waals surface area contributed by atoms with E-state index in [0.29, 0.717) is 43.0 Å². The Morgan fingerprint density at radius 3 is 1.83 bits per heavy atom. The second kappa shape index (κ2) is 8.69. The van der Waals surface area contributed by atoms with E-state index in [9.17, 15) is 14.4 Å². The highest BCUT2D eigenvalue weighted by molar-refractivity contribution is 5.97. The molecule has 1 fully saturated rings. The molecule has 3 rings (SSSR count). The fourth-order valence-corrected chi connectivity index (χ4v) is 3.52. The van der Waals surface area contributed by atoms with E-state index in [-0.39, 0.29) is 23.1 Å². The Balaban J connectivity index is 1.61. The van der Waals surface area contributed by atoms with E-state index in [0.717, 1.165) is 0 Å². The van der Waals surface area contributed by atoms with E-state index < -0.39 is 0 Å². The summed E-state index contributed by atoms with van der Waals surface area (Å²) >= 11 is 0. The predicted molar refractivity (Wildman–Crippen MR) is 118 cm³/mol. The lowest BCUT2D eigenvalue weighted by Crippen LogP contribution is -2.50. The van der Waals surface area contributed by atoms with Crippen LogP contribution in [0.2, 0.25) is 0 Å². The van der Waals surface area contributed by atoms with Gasteiger partial charge in [-0.25, -0.2) is 0 Å². The van der Waals surface area contributed by atoms with Crippen LogP contribution in [0.15, 0.2) is 48.5 Å². The van der Waals surface area contributed by atoms with Crippen molar-refractivity contribution in [3.05, 3.63) is 65.2 Å². The average Bonchev–Trinajstić information content (AvgIpc) is 2.72. The summed E-state index contributed by atoms with van der Waals surface area (Å²) in [4.78, 5) is 40.4. The molecule has 0 saturated carbocycles. The maximum Gasteiger partial charge on any atom is 0.254 e. The number of nitrogens with one attached hydrogen (secondary N) is 1. The van der Waals surface area contributed by atoms with Crippen LogP contribution in [0.25, 0.3) is 0 Å². The minimum absolute atomic E-state index is 0.00443. The molecule has 0 atom stereocenters. The molecule has 3 amide bonds. The predicted octanol–water partition coefficient (Wildman–Crippen LogP) is 3.54. The molecule has 0 aromatic heterocycles. The third kappa shape index (κ3) is 5.06. The molecule has 0 bridgehead atoms. The Morgan fingerprint density at radius 1 is 0.800 bits per heavy atom. The van der Waals surface area contributed by atoms with Crippen molar-refractivity contribution in [2.45, 2.75) is 33.1 Å². The number of carbonyl (C=O) groups is 3. The summed E-state index contributed by atoms with van der Waals surface area (Å²) < 4.78 is 0. The van der Waals surface area contributed by atoms with Gasteiger partial charge in [-0.1, -0.05) is 39.0 Å². The third-order valence-electron chi connectivity index (χ3n) is 5.28. The normalized spacial score (nSPS) is 14.4. The van der Waals surface area contributed by atoms with Crippen molar-refractivity contribution in [2.75, 3.05) is 31.5 Å². The van der Waals surface area contributed by atoms with E-state index in [1.807, 2.05) is 24.3 Å². The summed E-state index contributed by atoms with van der Waals surface area (Å²) in [5.74, 6) is -0.277. The number of carbonyl (C=O) groups excluding carboxylic acids is 3. The van der Waals surface area contributed by atoms with Gasteiger partial charge < -0.3 is 15.1 Å². The number of nitrogens with zero attached hydrogens (tertiary/aromatic N) is 2. The van der Waals surface area contributed by atoms with Crippen molar-refractivity contribution in [1.82, 2.24) is 9.80 Å². The quantitative estimate of drug-likeness (QED) is 0.846. The number of benzene rings is 2. The molecule has 0 aliphatic carbocycles. The van der Waals surface area contributed by atoms with Crippen LogP contribution in [0.1, 0.15) is 54.0 Å². The fourth-order valence-electron chi connectivity index (χ4n) is 3.52. The molecule has 1 saturated heterocycles. The average molecular weight is 408 g/mol. The highest BCUT2D eigenvalue weighted by Crippen LogP contribution is 2.23. The first kappa shape index (κ1) is 21.6. The maximum absolute atomic E-state index is 12.8. The topological polar surface area (TPSA) is 69.7 Å². The lowest BCUT2D eigenvalue weighted by atomic mass is 9.86. The van der Waals surface area contributed by atoms with Gasteiger partial charge in [-0.15, -0.1) is 0 Å². The molecular weight excluding hydrogens is 378 g/mol. The lowest BCUT2D eigenvalue weighted by molar-refractivity contribution is -0.114. The van der Waals surface area contributed by atoms with Gasteiger partial charge in [0.2, 0.25) is 5.91 Å². The van der Waals surface area contributed by atoms with Crippen LogP contribution in [-0.4, -0.2) is 53.7 Å². The summed E-state index contributed by atoms with van der Waals surface area (Å²) in [5, 5.41) is 2.69. The van der Waals surface area contributed by atoms with Gasteiger partial charge in [0.1, 0.15) is 0 Å². The summed E-state index contributed by atoms with van der Waals surface area (Å²) in [6.07, 6.45) is 0. The summed E-state index contributed by atoms with van der Waals surface area (Å²) in [6, 6.07) is 14.7. The van der Waals surface area contributed by atoms with Gasteiger partial charge in [0.05, 0.1) is 0 Å². The molecule has 30 heavy (non-hydrogen) atoms. The standard InChI is InChI=1S/C24H29N3O3/c1-17(28)25-21-7-5-6-19(16-21)23(30)27-14-12-26(13-15-27)22(29)18-8-10-20(11-9-18)24(2,3)4/h5-11,16H,12-15H2,1-4H3,(H,25,28). The highest BCUT2D eigenvalue weighted by Gasteiger charge is 2.26. The third-order valence-corrected chi connectivity index (χ3v) is 5.28. The maximum atomic E-state index is 12.8. The van der Waals surface area contributed by atoms with Crippen molar-refractivity contribution < 1.29 is 14.4 Å². The van der Waals surface area contributed by atoms with Crippen molar-refractivity contribution in [3.8, 4) is 0 Å². The van der Waals surface area contributed by atoms with Crippen LogP contribution in [0, 0.1) is 0 Å². The number of rotatable bonds is 3. The summed E-state index contributed by atoms with van der Waals surface area (Å²) in [6.45, 7) is 9.82. The molecule has 0 radical (unpaired) electrons. The number of hydrogen-bond acceptors (Lipinski definition) is 3. The van der Waals surface area contributed by atoms with Crippen molar-refractivity contribution in [2.24, 2.45) is 0 Å². The lowest BCUT2D eigenvalue weighted by Gasteiger charge is -2.35. The molecule has 2 aromatic rings. The van der Waals surface area contributed by atoms with E-state index in [2.05, 4.69) is 26.1 Å². The zero-order valence-corrected chi connectivity index (χ0v) is 18.1. The smallest absolute Gasteiger partial charge is 0.254 e. The number of anilines is 1. The molecular formula is C24H29N3O3. The molecule has 1 N–H and O–H groups in total. The minimum atomic E-state index is -0.178. The Morgan fingerprint density at radius 2 is 1.33 bits per heavy atom. The first-order valence-electron chi connectivity index (χ1n) is 10.2. The first-order valence-corrected chi connectivity index (χ1v) is 10.2. The Bertz CT molecular complexity index is 937. The van der Waals surface area contributed by atoms with Gasteiger partial charge in [0.15, 0.2) is 0 Å².